The molecule has 0 saturated carbocycles. The molecule has 2 rings (SSSR count). The van der Waals surface area contributed by atoms with Crippen LogP contribution in [0.4, 0.5) is 0 Å². The van der Waals surface area contributed by atoms with Crippen LogP contribution in [0.5, 0.6) is 5.75 Å². The van der Waals surface area contributed by atoms with Crippen LogP contribution >= 0.6 is 0 Å². The summed E-state index contributed by atoms with van der Waals surface area (Å²) in [6.45, 7) is 2.17. The molecule has 1 unspecified atom stereocenters. The Kier molecular flexibility index (Phi) is 2.70. The summed E-state index contributed by atoms with van der Waals surface area (Å²) < 4.78 is 5.12. The third-order valence-corrected chi connectivity index (χ3v) is 2.67. The van der Waals surface area contributed by atoms with Crippen molar-refractivity contribution in [3.05, 3.63) is 29.8 Å². The summed E-state index contributed by atoms with van der Waals surface area (Å²) in [5, 5.41) is 3.45. The second kappa shape index (κ2) is 3.98. The zero-order chi connectivity index (χ0) is 9.97. The lowest BCUT2D eigenvalue weighted by Gasteiger charge is -2.19. The molecule has 1 aromatic carbocycles. The number of likely N-dealkylation sites (N-methyl/N-ethyl adjacent to an activating group) is 1. The van der Waals surface area contributed by atoms with Crippen LogP contribution < -0.4 is 10.1 Å². The molecule has 1 saturated heterocycles. The maximum Gasteiger partial charge on any atom is 0.118 e. The van der Waals surface area contributed by atoms with Gasteiger partial charge < -0.3 is 4.74 Å². The highest BCUT2D eigenvalue weighted by Gasteiger charge is 2.21. The number of nitrogens with zero attached hydrogens (tertiary/aromatic N) is 1. The predicted molar refractivity (Wildman–Crippen MR) is 56.4 cm³/mol. The van der Waals surface area contributed by atoms with Crippen molar-refractivity contribution >= 4 is 0 Å². The predicted octanol–water partition coefficient (Wildman–Crippen LogP) is 1.23. The molecule has 3 heteroatoms. The molecule has 1 heterocycles. The van der Waals surface area contributed by atoms with Crippen molar-refractivity contribution in [3.63, 3.8) is 0 Å². The van der Waals surface area contributed by atoms with Crippen molar-refractivity contribution in [1.82, 2.24) is 10.2 Å². The highest BCUT2D eigenvalue weighted by Crippen LogP contribution is 2.21. The van der Waals surface area contributed by atoms with Crippen molar-refractivity contribution in [2.75, 3.05) is 27.2 Å². The van der Waals surface area contributed by atoms with Gasteiger partial charge in [0.05, 0.1) is 13.3 Å². The van der Waals surface area contributed by atoms with Gasteiger partial charge in [-0.15, -0.1) is 0 Å². The first-order valence-corrected chi connectivity index (χ1v) is 4.89. The summed E-state index contributed by atoms with van der Waals surface area (Å²) in [6, 6.07) is 8.23. The first-order chi connectivity index (χ1) is 6.81. The Morgan fingerprint density at radius 1 is 1.36 bits per heavy atom. The number of methoxy groups -OCH3 is 1. The summed E-state index contributed by atoms with van der Waals surface area (Å²) in [7, 11) is 3.82. The van der Waals surface area contributed by atoms with Crippen LogP contribution in [-0.4, -0.2) is 32.1 Å². The van der Waals surface area contributed by atoms with Crippen molar-refractivity contribution in [2.45, 2.75) is 6.17 Å². The second-order valence-electron chi connectivity index (χ2n) is 3.61. The van der Waals surface area contributed by atoms with Gasteiger partial charge in [-0.1, -0.05) is 12.1 Å². The van der Waals surface area contributed by atoms with Crippen molar-refractivity contribution < 1.29 is 4.74 Å². The van der Waals surface area contributed by atoms with Crippen LogP contribution in [0, 0.1) is 0 Å². The van der Waals surface area contributed by atoms with E-state index in [0.717, 1.165) is 18.8 Å². The summed E-state index contributed by atoms with van der Waals surface area (Å²) >= 11 is 0. The zero-order valence-corrected chi connectivity index (χ0v) is 8.66. The zero-order valence-electron chi connectivity index (χ0n) is 8.66. The SMILES string of the molecule is COc1ccc(C2NCCN2C)cc1. The summed E-state index contributed by atoms with van der Waals surface area (Å²) in [6.07, 6.45) is 0.362. The van der Waals surface area contributed by atoms with E-state index in [9.17, 15) is 0 Å². The molecular formula is C11H16N2O. The molecule has 0 spiro atoms. The lowest BCUT2D eigenvalue weighted by Crippen LogP contribution is -2.23. The normalized spacial score (nSPS) is 22.6. The van der Waals surface area contributed by atoms with Gasteiger partial charge in [0.1, 0.15) is 5.75 Å². The number of hydrogen-bond donors (Lipinski definition) is 1. The molecule has 0 radical (unpaired) electrons. The van der Waals surface area contributed by atoms with Crippen molar-refractivity contribution in [1.29, 1.82) is 0 Å². The molecule has 0 bridgehead atoms. The molecule has 3 nitrogen and oxygen atoms in total. The van der Waals surface area contributed by atoms with Gasteiger partial charge in [0, 0.05) is 13.1 Å². The van der Waals surface area contributed by atoms with Crippen LogP contribution in [0.3, 0.4) is 0 Å². The van der Waals surface area contributed by atoms with E-state index in [1.807, 2.05) is 12.1 Å². The van der Waals surface area contributed by atoms with Crippen LogP contribution in [0.1, 0.15) is 11.7 Å². The van der Waals surface area contributed by atoms with Gasteiger partial charge in [-0.25, -0.2) is 0 Å². The largest absolute Gasteiger partial charge is 0.497 e. The third kappa shape index (κ3) is 1.74. The topological polar surface area (TPSA) is 24.5 Å². The molecule has 1 aromatic rings. The average Bonchev–Trinajstić information content (AvgIpc) is 2.65. The molecule has 1 N–H and O–H groups in total. The second-order valence-corrected chi connectivity index (χ2v) is 3.61. The van der Waals surface area contributed by atoms with Crippen LogP contribution in [0.2, 0.25) is 0 Å². The van der Waals surface area contributed by atoms with Gasteiger partial charge in [0.2, 0.25) is 0 Å². The minimum atomic E-state index is 0.362. The Hall–Kier alpha value is -1.06. The fraction of sp³-hybridized carbons (Fsp3) is 0.455. The smallest absolute Gasteiger partial charge is 0.118 e. The minimum absolute atomic E-state index is 0.362. The van der Waals surface area contributed by atoms with E-state index in [4.69, 9.17) is 4.74 Å². The van der Waals surface area contributed by atoms with Gasteiger partial charge in [0.15, 0.2) is 0 Å². The molecule has 0 aromatic heterocycles. The monoisotopic (exact) mass is 192 g/mol. The highest BCUT2D eigenvalue weighted by atomic mass is 16.5. The average molecular weight is 192 g/mol. The number of nitrogens with one attached hydrogen (secondary N) is 1. The van der Waals surface area contributed by atoms with Gasteiger partial charge in [0.25, 0.3) is 0 Å². The number of rotatable bonds is 2. The Morgan fingerprint density at radius 3 is 2.57 bits per heavy atom. The fourth-order valence-corrected chi connectivity index (χ4v) is 1.82. The molecule has 14 heavy (non-hydrogen) atoms. The fourth-order valence-electron chi connectivity index (χ4n) is 1.82. The van der Waals surface area contributed by atoms with Crippen molar-refractivity contribution in [3.8, 4) is 5.75 Å². The van der Waals surface area contributed by atoms with E-state index in [-0.39, 0.29) is 0 Å². The van der Waals surface area contributed by atoms with E-state index in [0.29, 0.717) is 6.17 Å². The van der Waals surface area contributed by atoms with Gasteiger partial charge in [-0.05, 0) is 24.7 Å². The molecule has 1 atom stereocenters. The lowest BCUT2D eigenvalue weighted by atomic mass is 10.1. The van der Waals surface area contributed by atoms with Crippen molar-refractivity contribution in [2.24, 2.45) is 0 Å². The maximum atomic E-state index is 5.12. The molecule has 0 aliphatic carbocycles. The number of ether oxygens (including phenoxy) is 1. The quantitative estimate of drug-likeness (QED) is 0.762. The Labute approximate surface area is 84.7 Å². The molecule has 1 fully saturated rings. The van der Waals surface area contributed by atoms with E-state index >= 15 is 0 Å². The van der Waals surface area contributed by atoms with Crippen LogP contribution in [0.15, 0.2) is 24.3 Å². The van der Waals surface area contributed by atoms with Gasteiger partial charge >= 0.3 is 0 Å². The first-order valence-electron chi connectivity index (χ1n) is 4.89. The van der Waals surface area contributed by atoms with Gasteiger partial charge in [-0.3, -0.25) is 10.2 Å². The minimum Gasteiger partial charge on any atom is -0.497 e. The number of benzene rings is 1. The van der Waals surface area contributed by atoms with E-state index in [2.05, 4.69) is 29.4 Å². The summed E-state index contributed by atoms with van der Waals surface area (Å²) in [4.78, 5) is 2.31. The van der Waals surface area contributed by atoms with Gasteiger partial charge in [-0.2, -0.15) is 0 Å². The molecule has 76 valence electrons. The molecular weight excluding hydrogens is 176 g/mol. The first kappa shape index (κ1) is 9.49. The lowest BCUT2D eigenvalue weighted by molar-refractivity contribution is 0.301. The molecule has 1 aliphatic rings. The Morgan fingerprint density at radius 2 is 2.07 bits per heavy atom. The Balaban J connectivity index is 2.16. The maximum absolute atomic E-state index is 5.12. The van der Waals surface area contributed by atoms with E-state index < -0.39 is 0 Å². The third-order valence-electron chi connectivity index (χ3n) is 2.67. The summed E-state index contributed by atoms with van der Waals surface area (Å²) in [5.41, 5.74) is 1.30. The molecule has 0 amide bonds. The molecule has 1 aliphatic heterocycles. The van der Waals surface area contributed by atoms with E-state index in [1.54, 1.807) is 7.11 Å². The highest BCUT2D eigenvalue weighted by molar-refractivity contribution is 5.29. The number of hydrogen-bond acceptors (Lipinski definition) is 3. The van der Waals surface area contributed by atoms with Crippen LogP contribution in [0.25, 0.3) is 0 Å². The van der Waals surface area contributed by atoms with Crippen LogP contribution in [-0.2, 0) is 0 Å². The standard InChI is InChI=1S/C11H16N2O/c1-13-8-7-12-11(13)9-3-5-10(14-2)6-4-9/h3-6,11-12H,7-8H2,1-2H3. The Bertz CT molecular complexity index is 297. The van der Waals surface area contributed by atoms with E-state index in [1.165, 1.54) is 5.56 Å². The summed E-state index contributed by atoms with van der Waals surface area (Å²) in [5.74, 6) is 0.911.